The standard InChI is InChI=1S/C14H11F2NO3/c15-9-2-1-3-10(16)14(9)17-13(20)7-8-4-5-11(18)12(19)6-8/h1-6,18-19H,7H2,(H,17,20). The van der Waals surface area contributed by atoms with Gasteiger partial charge in [0.25, 0.3) is 0 Å². The predicted molar refractivity (Wildman–Crippen MR) is 68.5 cm³/mol. The van der Waals surface area contributed by atoms with E-state index < -0.39 is 23.2 Å². The molecule has 0 fully saturated rings. The van der Waals surface area contributed by atoms with Crippen LogP contribution in [0.4, 0.5) is 14.5 Å². The van der Waals surface area contributed by atoms with E-state index in [-0.39, 0.29) is 17.9 Å². The Morgan fingerprint density at radius 3 is 2.30 bits per heavy atom. The molecular weight excluding hydrogens is 268 g/mol. The number of halogens is 2. The number of anilines is 1. The van der Waals surface area contributed by atoms with Crippen molar-refractivity contribution < 1.29 is 23.8 Å². The molecule has 0 spiro atoms. The van der Waals surface area contributed by atoms with Gasteiger partial charge in [0, 0.05) is 0 Å². The number of aromatic hydroxyl groups is 2. The summed E-state index contributed by atoms with van der Waals surface area (Å²) < 4.78 is 26.7. The monoisotopic (exact) mass is 279 g/mol. The lowest BCUT2D eigenvalue weighted by atomic mass is 10.1. The van der Waals surface area contributed by atoms with Crippen molar-refractivity contribution in [2.75, 3.05) is 5.32 Å². The van der Waals surface area contributed by atoms with Gasteiger partial charge in [0.05, 0.1) is 6.42 Å². The number of para-hydroxylation sites is 1. The van der Waals surface area contributed by atoms with E-state index in [1.54, 1.807) is 0 Å². The molecule has 0 unspecified atom stereocenters. The fourth-order valence-corrected chi connectivity index (χ4v) is 1.67. The number of phenolic OH excluding ortho intramolecular Hbond substituents is 2. The highest BCUT2D eigenvalue weighted by Crippen LogP contribution is 2.25. The van der Waals surface area contributed by atoms with Crippen LogP contribution in [0.5, 0.6) is 11.5 Å². The zero-order valence-electron chi connectivity index (χ0n) is 10.2. The molecule has 2 rings (SSSR count). The molecule has 3 N–H and O–H groups in total. The van der Waals surface area contributed by atoms with Crippen LogP contribution in [0, 0.1) is 11.6 Å². The van der Waals surface area contributed by atoms with Gasteiger partial charge in [-0.05, 0) is 29.8 Å². The van der Waals surface area contributed by atoms with E-state index in [4.69, 9.17) is 5.11 Å². The Bertz CT molecular complexity index is 639. The molecule has 0 aliphatic heterocycles. The summed E-state index contributed by atoms with van der Waals surface area (Å²) in [5.41, 5.74) is -0.116. The van der Waals surface area contributed by atoms with Crippen molar-refractivity contribution in [3.63, 3.8) is 0 Å². The van der Waals surface area contributed by atoms with Gasteiger partial charge in [0.15, 0.2) is 11.5 Å². The number of hydrogen-bond acceptors (Lipinski definition) is 3. The highest BCUT2D eigenvalue weighted by atomic mass is 19.1. The second-order valence-electron chi connectivity index (χ2n) is 4.14. The van der Waals surface area contributed by atoms with Crippen molar-refractivity contribution in [1.82, 2.24) is 0 Å². The number of hydrogen-bond donors (Lipinski definition) is 3. The highest BCUT2D eigenvalue weighted by molar-refractivity contribution is 5.92. The van der Waals surface area contributed by atoms with Gasteiger partial charge < -0.3 is 15.5 Å². The van der Waals surface area contributed by atoms with E-state index >= 15 is 0 Å². The van der Waals surface area contributed by atoms with Gasteiger partial charge in [-0.25, -0.2) is 8.78 Å². The first-order chi connectivity index (χ1) is 9.47. The number of rotatable bonds is 3. The van der Waals surface area contributed by atoms with Crippen molar-refractivity contribution in [3.8, 4) is 11.5 Å². The van der Waals surface area contributed by atoms with Crippen LogP contribution < -0.4 is 5.32 Å². The van der Waals surface area contributed by atoms with Gasteiger partial charge in [-0.2, -0.15) is 0 Å². The maximum absolute atomic E-state index is 13.3. The molecule has 0 heterocycles. The van der Waals surface area contributed by atoms with Gasteiger partial charge >= 0.3 is 0 Å². The summed E-state index contributed by atoms with van der Waals surface area (Å²) >= 11 is 0. The third-order valence-corrected chi connectivity index (χ3v) is 2.63. The lowest BCUT2D eigenvalue weighted by molar-refractivity contribution is -0.115. The van der Waals surface area contributed by atoms with Crippen LogP contribution in [0.1, 0.15) is 5.56 Å². The summed E-state index contributed by atoms with van der Waals surface area (Å²) in [6.45, 7) is 0. The first-order valence-electron chi connectivity index (χ1n) is 5.72. The fourth-order valence-electron chi connectivity index (χ4n) is 1.67. The Morgan fingerprint density at radius 2 is 1.70 bits per heavy atom. The van der Waals surface area contributed by atoms with Crippen molar-refractivity contribution >= 4 is 11.6 Å². The smallest absolute Gasteiger partial charge is 0.228 e. The molecule has 0 bridgehead atoms. The number of nitrogens with one attached hydrogen (secondary N) is 1. The molecule has 0 aromatic heterocycles. The van der Waals surface area contributed by atoms with E-state index in [1.807, 2.05) is 0 Å². The first-order valence-corrected chi connectivity index (χ1v) is 5.72. The molecule has 2 aromatic rings. The molecule has 0 radical (unpaired) electrons. The van der Waals surface area contributed by atoms with Crippen LogP contribution in [-0.4, -0.2) is 16.1 Å². The second kappa shape index (κ2) is 5.56. The van der Waals surface area contributed by atoms with E-state index in [1.165, 1.54) is 24.3 Å². The lowest BCUT2D eigenvalue weighted by Gasteiger charge is -2.08. The minimum atomic E-state index is -0.869. The quantitative estimate of drug-likeness (QED) is 0.756. The van der Waals surface area contributed by atoms with E-state index in [2.05, 4.69) is 5.32 Å². The molecule has 20 heavy (non-hydrogen) atoms. The zero-order chi connectivity index (χ0) is 14.7. The second-order valence-corrected chi connectivity index (χ2v) is 4.14. The number of phenols is 2. The van der Waals surface area contributed by atoms with Gasteiger partial charge in [0.2, 0.25) is 5.91 Å². The van der Waals surface area contributed by atoms with E-state index in [0.717, 1.165) is 12.1 Å². The van der Waals surface area contributed by atoms with Crippen LogP contribution >= 0.6 is 0 Å². The summed E-state index contributed by atoms with van der Waals surface area (Å²) in [7, 11) is 0. The Morgan fingerprint density at radius 1 is 1.05 bits per heavy atom. The Hall–Kier alpha value is -2.63. The molecule has 104 valence electrons. The third kappa shape index (κ3) is 3.03. The lowest BCUT2D eigenvalue weighted by Crippen LogP contribution is -2.16. The zero-order valence-corrected chi connectivity index (χ0v) is 10.2. The molecule has 0 aliphatic rings. The number of carbonyl (C=O) groups is 1. The van der Waals surface area contributed by atoms with Gasteiger partial charge in [-0.1, -0.05) is 12.1 Å². The van der Waals surface area contributed by atoms with Crippen molar-refractivity contribution in [3.05, 3.63) is 53.6 Å². The molecule has 0 saturated heterocycles. The summed E-state index contributed by atoms with van der Waals surface area (Å²) in [4.78, 5) is 11.7. The molecule has 2 aromatic carbocycles. The molecule has 0 saturated carbocycles. The van der Waals surface area contributed by atoms with Crippen molar-refractivity contribution in [2.24, 2.45) is 0 Å². The molecule has 0 aliphatic carbocycles. The minimum Gasteiger partial charge on any atom is -0.504 e. The Kier molecular flexibility index (Phi) is 3.84. The van der Waals surface area contributed by atoms with Crippen LogP contribution in [0.3, 0.4) is 0 Å². The van der Waals surface area contributed by atoms with Gasteiger partial charge in [-0.15, -0.1) is 0 Å². The molecule has 4 nitrogen and oxygen atoms in total. The summed E-state index contributed by atoms with van der Waals surface area (Å²) in [6, 6.07) is 7.11. The van der Waals surface area contributed by atoms with Crippen LogP contribution in [0.15, 0.2) is 36.4 Å². The number of amides is 1. The number of carbonyl (C=O) groups excluding carboxylic acids is 1. The van der Waals surface area contributed by atoms with Crippen LogP contribution in [0.25, 0.3) is 0 Å². The Labute approximate surface area is 113 Å². The normalized spacial score (nSPS) is 10.3. The average molecular weight is 279 g/mol. The number of benzene rings is 2. The van der Waals surface area contributed by atoms with Crippen LogP contribution in [0.2, 0.25) is 0 Å². The van der Waals surface area contributed by atoms with Crippen LogP contribution in [-0.2, 0) is 11.2 Å². The maximum Gasteiger partial charge on any atom is 0.228 e. The molecule has 6 heteroatoms. The third-order valence-electron chi connectivity index (χ3n) is 2.63. The Balaban J connectivity index is 2.11. The molecule has 1 amide bonds. The van der Waals surface area contributed by atoms with E-state index in [9.17, 15) is 18.7 Å². The first kappa shape index (κ1) is 13.8. The molecule has 0 atom stereocenters. The van der Waals surface area contributed by atoms with Crippen molar-refractivity contribution in [1.29, 1.82) is 0 Å². The minimum absolute atomic E-state index is 0.193. The predicted octanol–water partition coefficient (Wildman–Crippen LogP) is 2.56. The average Bonchev–Trinajstić information content (AvgIpc) is 2.38. The summed E-state index contributed by atoms with van der Waals surface area (Å²) in [5, 5.41) is 20.6. The largest absolute Gasteiger partial charge is 0.504 e. The summed E-state index contributed by atoms with van der Waals surface area (Å²) in [6.07, 6.45) is -0.193. The molecular formula is C14H11F2NO3. The topological polar surface area (TPSA) is 69.6 Å². The summed E-state index contributed by atoms with van der Waals surface area (Å²) in [5.74, 6) is -3.06. The van der Waals surface area contributed by atoms with E-state index in [0.29, 0.717) is 5.56 Å². The van der Waals surface area contributed by atoms with Gasteiger partial charge in [-0.3, -0.25) is 4.79 Å². The highest BCUT2D eigenvalue weighted by Gasteiger charge is 2.12. The van der Waals surface area contributed by atoms with Gasteiger partial charge in [0.1, 0.15) is 17.3 Å². The fraction of sp³-hybridized carbons (Fsp3) is 0.0714. The SMILES string of the molecule is O=C(Cc1ccc(O)c(O)c1)Nc1c(F)cccc1F. The maximum atomic E-state index is 13.3. The van der Waals surface area contributed by atoms with Crippen molar-refractivity contribution in [2.45, 2.75) is 6.42 Å².